The molecule has 0 aromatic heterocycles. The van der Waals surface area contributed by atoms with E-state index in [1.165, 1.54) is 0 Å². The molecule has 0 radical (unpaired) electrons. The molecule has 1 amide bonds. The molecule has 0 bridgehead atoms. The van der Waals surface area contributed by atoms with Crippen molar-refractivity contribution in [1.82, 2.24) is 4.90 Å². The van der Waals surface area contributed by atoms with Gasteiger partial charge in [0, 0.05) is 12.1 Å². The first kappa shape index (κ1) is 13.1. The molecule has 1 aromatic carbocycles. The maximum Gasteiger partial charge on any atom is 0.254 e. The van der Waals surface area contributed by atoms with Gasteiger partial charge in [0.1, 0.15) is 0 Å². The highest BCUT2D eigenvalue weighted by Crippen LogP contribution is 2.47. The normalized spacial score (nSPS) is 23.4. The molecule has 1 saturated heterocycles. The van der Waals surface area contributed by atoms with Gasteiger partial charge in [0.05, 0.1) is 24.1 Å². The van der Waals surface area contributed by atoms with E-state index in [0.717, 1.165) is 31.2 Å². The summed E-state index contributed by atoms with van der Waals surface area (Å²) in [5, 5.41) is 18.5. The second-order valence-corrected chi connectivity index (χ2v) is 5.75. The lowest BCUT2D eigenvalue weighted by atomic mass is 9.96. The Hall–Kier alpha value is -1.86. The molecule has 1 heterocycles. The van der Waals surface area contributed by atoms with Crippen LogP contribution < -0.4 is 0 Å². The Balaban J connectivity index is 1.78. The molecule has 104 valence electrons. The SMILES string of the molecule is N#CC1(c2ccc(C(=O)N3CCCC3CO)cc2)CC1. The van der Waals surface area contributed by atoms with E-state index in [-0.39, 0.29) is 24.0 Å². The van der Waals surface area contributed by atoms with Crippen molar-refractivity contribution in [3.8, 4) is 6.07 Å². The number of nitriles is 1. The Morgan fingerprint density at radius 1 is 1.40 bits per heavy atom. The van der Waals surface area contributed by atoms with Gasteiger partial charge < -0.3 is 10.0 Å². The summed E-state index contributed by atoms with van der Waals surface area (Å²) in [7, 11) is 0. The van der Waals surface area contributed by atoms with Crippen LogP contribution in [0.5, 0.6) is 0 Å². The van der Waals surface area contributed by atoms with E-state index in [2.05, 4.69) is 6.07 Å². The number of hydrogen-bond donors (Lipinski definition) is 1. The molecular formula is C16H18N2O2. The quantitative estimate of drug-likeness (QED) is 0.911. The summed E-state index contributed by atoms with van der Waals surface area (Å²) in [4.78, 5) is 14.2. The van der Waals surface area contributed by atoms with Gasteiger partial charge in [-0.05, 0) is 43.4 Å². The number of rotatable bonds is 3. The molecule has 1 atom stereocenters. The zero-order valence-corrected chi connectivity index (χ0v) is 11.4. The molecule has 1 saturated carbocycles. The van der Waals surface area contributed by atoms with Crippen molar-refractivity contribution < 1.29 is 9.90 Å². The highest BCUT2D eigenvalue weighted by atomic mass is 16.3. The topological polar surface area (TPSA) is 64.3 Å². The summed E-state index contributed by atoms with van der Waals surface area (Å²) < 4.78 is 0. The largest absolute Gasteiger partial charge is 0.394 e. The van der Waals surface area contributed by atoms with E-state index in [1.54, 1.807) is 4.90 Å². The minimum absolute atomic E-state index is 0.0186. The number of amides is 1. The average molecular weight is 270 g/mol. The van der Waals surface area contributed by atoms with Crippen LogP contribution in [-0.4, -0.2) is 35.1 Å². The van der Waals surface area contributed by atoms with Crippen molar-refractivity contribution in [2.75, 3.05) is 13.2 Å². The second-order valence-electron chi connectivity index (χ2n) is 5.75. The van der Waals surface area contributed by atoms with Crippen molar-refractivity contribution in [1.29, 1.82) is 5.26 Å². The van der Waals surface area contributed by atoms with Gasteiger partial charge in [-0.3, -0.25) is 4.79 Å². The molecule has 3 rings (SSSR count). The minimum atomic E-state index is -0.303. The van der Waals surface area contributed by atoms with Gasteiger partial charge in [0.2, 0.25) is 0 Å². The molecule has 4 heteroatoms. The lowest BCUT2D eigenvalue weighted by Crippen LogP contribution is -2.37. The Bertz CT molecular complexity index is 555. The number of carbonyl (C=O) groups is 1. The molecule has 4 nitrogen and oxygen atoms in total. The van der Waals surface area contributed by atoms with Gasteiger partial charge in [-0.2, -0.15) is 5.26 Å². The molecule has 2 aliphatic rings. The van der Waals surface area contributed by atoms with Crippen LogP contribution in [0.15, 0.2) is 24.3 Å². The van der Waals surface area contributed by atoms with E-state index in [4.69, 9.17) is 0 Å². The number of aliphatic hydroxyl groups is 1. The van der Waals surface area contributed by atoms with Crippen molar-refractivity contribution in [3.05, 3.63) is 35.4 Å². The van der Waals surface area contributed by atoms with Crippen LogP contribution in [0.1, 0.15) is 41.6 Å². The van der Waals surface area contributed by atoms with Gasteiger partial charge in [-0.25, -0.2) is 0 Å². The third-order valence-electron chi connectivity index (χ3n) is 4.50. The predicted octanol–water partition coefficient (Wildman–Crippen LogP) is 1.84. The first-order valence-electron chi connectivity index (χ1n) is 7.14. The fourth-order valence-corrected chi connectivity index (χ4v) is 2.98. The molecule has 20 heavy (non-hydrogen) atoms. The van der Waals surface area contributed by atoms with Crippen molar-refractivity contribution in [2.45, 2.75) is 37.1 Å². The zero-order chi connectivity index (χ0) is 14.2. The van der Waals surface area contributed by atoms with Crippen LogP contribution in [0.2, 0.25) is 0 Å². The summed E-state index contributed by atoms with van der Waals surface area (Å²) in [6, 6.07) is 9.72. The van der Waals surface area contributed by atoms with Crippen molar-refractivity contribution >= 4 is 5.91 Å². The molecule has 1 aromatic rings. The number of carbonyl (C=O) groups excluding carboxylic acids is 1. The lowest BCUT2D eigenvalue weighted by molar-refractivity contribution is 0.0677. The summed E-state index contributed by atoms with van der Waals surface area (Å²) >= 11 is 0. The number of likely N-dealkylation sites (tertiary alicyclic amines) is 1. The highest BCUT2D eigenvalue weighted by Gasteiger charge is 2.44. The van der Waals surface area contributed by atoms with Crippen molar-refractivity contribution in [2.24, 2.45) is 0 Å². The Labute approximate surface area is 118 Å². The molecule has 1 N–H and O–H groups in total. The van der Waals surface area contributed by atoms with E-state index in [9.17, 15) is 15.2 Å². The molecule has 1 aliphatic heterocycles. The predicted molar refractivity (Wildman–Crippen MR) is 74.1 cm³/mol. The fraction of sp³-hybridized carbons (Fsp3) is 0.500. The van der Waals surface area contributed by atoms with Crippen LogP contribution in [0.3, 0.4) is 0 Å². The average Bonchev–Trinajstić information content (AvgIpc) is 3.16. The molecular weight excluding hydrogens is 252 g/mol. The van der Waals surface area contributed by atoms with E-state index in [0.29, 0.717) is 12.1 Å². The van der Waals surface area contributed by atoms with Gasteiger partial charge >= 0.3 is 0 Å². The Morgan fingerprint density at radius 3 is 2.65 bits per heavy atom. The summed E-state index contributed by atoms with van der Waals surface area (Å²) in [6.07, 6.45) is 3.65. The van der Waals surface area contributed by atoms with Gasteiger partial charge in [0.25, 0.3) is 5.91 Å². The van der Waals surface area contributed by atoms with Crippen LogP contribution in [0, 0.1) is 11.3 Å². The van der Waals surface area contributed by atoms with Crippen LogP contribution in [-0.2, 0) is 5.41 Å². The number of benzene rings is 1. The number of nitrogens with zero attached hydrogens (tertiary/aromatic N) is 2. The van der Waals surface area contributed by atoms with Gasteiger partial charge in [-0.15, -0.1) is 0 Å². The summed E-state index contributed by atoms with van der Waals surface area (Å²) in [5.74, 6) is -0.0186. The van der Waals surface area contributed by atoms with Gasteiger partial charge in [-0.1, -0.05) is 12.1 Å². The molecule has 2 fully saturated rings. The highest BCUT2D eigenvalue weighted by molar-refractivity contribution is 5.94. The molecule has 1 aliphatic carbocycles. The standard InChI is InChI=1S/C16H18N2O2/c17-11-16(7-8-16)13-5-3-12(4-6-13)15(20)18-9-1-2-14(18)10-19/h3-6,14,19H,1-2,7-10H2. The van der Waals surface area contributed by atoms with Crippen molar-refractivity contribution in [3.63, 3.8) is 0 Å². The third kappa shape index (κ3) is 2.08. The smallest absolute Gasteiger partial charge is 0.254 e. The minimum Gasteiger partial charge on any atom is -0.394 e. The molecule has 0 spiro atoms. The first-order valence-corrected chi connectivity index (χ1v) is 7.14. The Morgan fingerprint density at radius 2 is 2.10 bits per heavy atom. The third-order valence-corrected chi connectivity index (χ3v) is 4.50. The fourth-order valence-electron chi connectivity index (χ4n) is 2.98. The van der Waals surface area contributed by atoms with E-state index < -0.39 is 0 Å². The maximum atomic E-state index is 12.4. The van der Waals surface area contributed by atoms with Crippen LogP contribution >= 0.6 is 0 Å². The first-order chi connectivity index (χ1) is 9.70. The van der Waals surface area contributed by atoms with E-state index in [1.807, 2.05) is 24.3 Å². The Kier molecular flexibility index (Phi) is 3.23. The number of aliphatic hydroxyl groups excluding tert-OH is 1. The summed E-state index contributed by atoms with van der Waals surface area (Å²) in [5.41, 5.74) is 1.35. The maximum absolute atomic E-state index is 12.4. The van der Waals surface area contributed by atoms with Crippen LogP contribution in [0.4, 0.5) is 0 Å². The van der Waals surface area contributed by atoms with Crippen LogP contribution in [0.25, 0.3) is 0 Å². The molecule has 1 unspecified atom stereocenters. The zero-order valence-electron chi connectivity index (χ0n) is 11.4. The van der Waals surface area contributed by atoms with Gasteiger partial charge in [0.15, 0.2) is 0 Å². The van der Waals surface area contributed by atoms with E-state index >= 15 is 0 Å². The lowest BCUT2D eigenvalue weighted by Gasteiger charge is -2.23. The number of hydrogen-bond acceptors (Lipinski definition) is 3. The second kappa shape index (κ2) is 4.92. The monoisotopic (exact) mass is 270 g/mol. The summed E-state index contributed by atoms with van der Waals surface area (Å²) in [6.45, 7) is 0.745.